The zero-order valence-electron chi connectivity index (χ0n) is 22.5. The van der Waals surface area contributed by atoms with Gasteiger partial charge in [0.1, 0.15) is 0 Å². The standard InChI is InChI=1S/C30H46O4/c1-25(2)12-14-30(24(33)34)15-13-28(6)18(19(30)17-25)16-20(31)23-27(5)10-9-22(32)26(3,4)21(27)8-11-29(23,28)7/h16,19,21-23,32H,8-15,17H2,1-7H3,(H,33,34). The molecule has 5 aliphatic rings. The number of carboxylic acid groups (broad SMARTS) is 1. The lowest BCUT2D eigenvalue weighted by atomic mass is 9.33. The van der Waals surface area contributed by atoms with Gasteiger partial charge in [0.15, 0.2) is 5.78 Å². The van der Waals surface area contributed by atoms with Crippen molar-refractivity contribution >= 4 is 11.8 Å². The Morgan fingerprint density at radius 3 is 2.21 bits per heavy atom. The predicted octanol–water partition coefficient (Wildman–Crippen LogP) is 6.41. The lowest BCUT2D eigenvalue weighted by Crippen LogP contribution is -2.67. The second-order valence-corrected chi connectivity index (χ2v) is 15.0. The van der Waals surface area contributed by atoms with Gasteiger partial charge in [0.05, 0.1) is 11.5 Å². The van der Waals surface area contributed by atoms with E-state index in [1.165, 1.54) is 0 Å². The fourth-order valence-electron chi connectivity index (χ4n) is 10.4. The summed E-state index contributed by atoms with van der Waals surface area (Å²) in [6.07, 6.45) is 9.38. The molecule has 2 N–H and O–H groups in total. The number of carboxylic acids is 1. The summed E-state index contributed by atoms with van der Waals surface area (Å²) in [6.45, 7) is 16.0. The van der Waals surface area contributed by atoms with Crippen molar-refractivity contribution in [2.45, 2.75) is 112 Å². The Balaban J connectivity index is 1.65. The molecule has 4 saturated carbocycles. The molecule has 4 heteroatoms. The van der Waals surface area contributed by atoms with Crippen LogP contribution in [0.4, 0.5) is 0 Å². The summed E-state index contributed by atoms with van der Waals surface area (Å²) in [5.74, 6) is -0.217. The van der Waals surface area contributed by atoms with Crippen LogP contribution in [-0.2, 0) is 9.59 Å². The van der Waals surface area contributed by atoms with Crippen molar-refractivity contribution in [2.75, 3.05) is 0 Å². The van der Waals surface area contributed by atoms with Crippen LogP contribution >= 0.6 is 0 Å². The molecule has 0 radical (unpaired) electrons. The second kappa shape index (κ2) is 6.99. The van der Waals surface area contributed by atoms with E-state index in [4.69, 9.17) is 0 Å². The van der Waals surface area contributed by atoms with E-state index >= 15 is 0 Å². The Bertz CT molecular complexity index is 961. The normalized spacial score (nSPS) is 51.3. The molecule has 0 aromatic rings. The highest BCUT2D eigenvalue weighted by Crippen LogP contribution is 2.75. The number of aliphatic carboxylic acids is 1. The summed E-state index contributed by atoms with van der Waals surface area (Å²) in [5, 5.41) is 21.3. The number of fused-ring (bicyclic) bond motifs is 7. The van der Waals surface area contributed by atoms with Gasteiger partial charge < -0.3 is 10.2 Å². The summed E-state index contributed by atoms with van der Waals surface area (Å²) < 4.78 is 0. The van der Waals surface area contributed by atoms with E-state index in [2.05, 4.69) is 48.5 Å². The maximum atomic E-state index is 14.2. The Kier molecular flexibility index (Phi) is 5.04. The molecule has 0 bridgehead atoms. The predicted molar refractivity (Wildman–Crippen MR) is 133 cm³/mol. The number of aliphatic hydroxyl groups is 1. The van der Waals surface area contributed by atoms with Crippen LogP contribution in [0.2, 0.25) is 0 Å². The topological polar surface area (TPSA) is 74.6 Å². The maximum Gasteiger partial charge on any atom is 0.310 e. The molecule has 0 aliphatic heterocycles. The zero-order valence-corrected chi connectivity index (χ0v) is 22.5. The first-order valence-electron chi connectivity index (χ1n) is 13.7. The molecule has 0 heterocycles. The lowest BCUT2D eigenvalue weighted by Gasteiger charge is -2.70. The van der Waals surface area contributed by atoms with Gasteiger partial charge in [0.2, 0.25) is 0 Å². The summed E-state index contributed by atoms with van der Waals surface area (Å²) in [7, 11) is 0. The zero-order chi connectivity index (χ0) is 25.1. The Hall–Kier alpha value is -1.16. The summed E-state index contributed by atoms with van der Waals surface area (Å²) in [4.78, 5) is 27.0. The lowest BCUT2D eigenvalue weighted by molar-refractivity contribution is -0.204. The minimum Gasteiger partial charge on any atom is -0.481 e. The quantitative estimate of drug-likeness (QED) is 0.464. The molecular formula is C30H46O4. The third-order valence-corrected chi connectivity index (χ3v) is 12.8. The third kappa shape index (κ3) is 2.81. The Morgan fingerprint density at radius 2 is 1.56 bits per heavy atom. The van der Waals surface area contributed by atoms with Gasteiger partial charge in [-0.3, -0.25) is 9.59 Å². The van der Waals surface area contributed by atoms with Crippen molar-refractivity contribution in [2.24, 2.45) is 50.2 Å². The highest BCUT2D eigenvalue weighted by atomic mass is 16.4. The highest BCUT2D eigenvalue weighted by Gasteiger charge is 2.71. The minimum absolute atomic E-state index is 0.0515. The van der Waals surface area contributed by atoms with E-state index in [0.717, 1.165) is 56.9 Å². The largest absolute Gasteiger partial charge is 0.481 e. The van der Waals surface area contributed by atoms with Crippen molar-refractivity contribution in [3.05, 3.63) is 11.6 Å². The van der Waals surface area contributed by atoms with E-state index in [-0.39, 0.29) is 50.8 Å². The van der Waals surface area contributed by atoms with Gasteiger partial charge in [-0.25, -0.2) is 0 Å². The third-order valence-electron chi connectivity index (χ3n) is 12.8. The van der Waals surface area contributed by atoms with Gasteiger partial charge in [0.25, 0.3) is 0 Å². The molecule has 0 spiro atoms. The molecule has 5 aliphatic carbocycles. The molecule has 190 valence electrons. The van der Waals surface area contributed by atoms with Crippen LogP contribution in [-0.4, -0.2) is 28.1 Å². The van der Waals surface area contributed by atoms with Crippen molar-refractivity contribution < 1.29 is 19.8 Å². The smallest absolute Gasteiger partial charge is 0.310 e. The van der Waals surface area contributed by atoms with Crippen LogP contribution in [0.15, 0.2) is 11.6 Å². The number of hydrogen-bond acceptors (Lipinski definition) is 3. The number of aliphatic hydroxyl groups excluding tert-OH is 1. The number of allylic oxidation sites excluding steroid dienone is 2. The van der Waals surface area contributed by atoms with Crippen molar-refractivity contribution in [1.82, 2.24) is 0 Å². The number of hydrogen-bond donors (Lipinski definition) is 2. The summed E-state index contributed by atoms with van der Waals surface area (Å²) in [6, 6.07) is 0. The van der Waals surface area contributed by atoms with Gasteiger partial charge in [0, 0.05) is 5.92 Å². The second-order valence-electron chi connectivity index (χ2n) is 15.0. The fraction of sp³-hybridized carbons (Fsp3) is 0.867. The van der Waals surface area contributed by atoms with Crippen LogP contribution in [0.3, 0.4) is 0 Å². The number of rotatable bonds is 1. The van der Waals surface area contributed by atoms with E-state index < -0.39 is 11.4 Å². The van der Waals surface area contributed by atoms with Crippen LogP contribution < -0.4 is 0 Å². The molecular weight excluding hydrogens is 424 g/mol. The summed E-state index contributed by atoms with van der Waals surface area (Å²) >= 11 is 0. The molecule has 0 aromatic carbocycles. The molecule has 0 amide bonds. The van der Waals surface area contributed by atoms with E-state index in [0.29, 0.717) is 12.3 Å². The van der Waals surface area contributed by atoms with Gasteiger partial charge >= 0.3 is 5.97 Å². The summed E-state index contributed by atoms with van der Waals surface area (Å²) in [5.41, 5.74) is -0.127. The Labute approximate surface area is 206 Å². The molecule has 4 fully saturated rings. The molecule has 4 nitrogen and oxygen atoms in total. The SMILES string of the molecule is CC1(C)CCC2(C(=O)O)CCC3(C)C(=CC(=O)C4C5(C)CCC(O)C(C)(C)C5CCC43C)C2C1. The van der Waals surface area contributed by atoms with Crippen molar-refractivity contribution in [1.29, 1.82) is 0 Å². The van der Waals surface area contributed by atoms with Crippen LogP contribution in [0.5, 0.6) is 0 Å². The molecule has 0 aromatic heterocycles. The fourth-order valence-corrected chi connectivity index (χ4v) is 10.4. The van der Waals surface area contributed by atoms with E-state index in [1.807, 2.05) is 6.08 Å². The van der Waals surface area contributed by atoms with E-state index in [9.17, 15) is 19.8 Å². The molecule has 0 saturated heterocycles. The van der Waals surface area contributed by atoms with Crippen LogP contribution in [0, 0.1) is 50.2 Å². The van der Waals surface area contributed by atoms with Crippen molar-refractivity contribution in [3.63, 3.8) is 0 Å². The number of carbonyl (C=O) groups excluding carboxylic acids is 1. The number of carbonyl (C=O) groups is 2. The van der Waals surface area contributed by atoms with Gasteiger partial charge in [-0.1, -0.05) is 54.0 Å². The van der Waals surface area contributed by atoms with Crippen LogP contribution in [0.1, 0.15) is 106 Å². The van der Waals surface area contributed by atoms with Gasteiger partial charge in [-0.15, -0.1) is 0 Å². The minimum atomic E-state index is -0.720. The number of ketones is 1. The Morgan fingerprint density at radius 1 is 0.912 bits per heavy atom. The van der Waals surface area contributed by atoms with Gasteiger partial charge in [-0.05, 0) is 103 Å². The first-order valence-corrected chi connectivity index (χ1v) is 13.7. The average molecular weight is 471 g/mol. The van der Waals surface area contributed by atoms with E-state index in [1.54, 1.807) is 0 Å². The first-order chi connectivity index (χ1) is 15.6. The van der Waals surface area contributed by atoms with Crippen LogP contribution in [0.25, 0.3) is 0 Å². The molecule has 34 heavy (non-hydrogen) atoms. The first kappa shape index (κ1) is 24.5. The highest BCUT2D eigenvalue weighted by molar-refractivity contribution is 5.96. The molecule has 8 atom stereocenters. The van der Waals surface area contributed by atoms with Gasteiger partial charge in [-0.2, -0.15) is 0 Å². The molecule has 8 unspecified atom stereocenters. The maximum absolute atomic E-state index is 14.2. The average Bonchev–Trinajstić information content (AvgIpc) is 2.72. The van der Waals surface area contributed by atoms with Crippen molar-refractivity contribution in [3.8, 4) is 0 Å². The monoisotopic (exact) mass is 470 g/mol. The molecule has 5 rings (SSSR count).